The van der Waals surface area contributed by atoms with Crippen molar-refractivity contribution in [1.82, 2.24) is 14.8 Å². The highest BCUT2D eigenvalue weighted by Crippen LogP contribution is 2.33. The third kappa shape index (κ3) is 6.54. The van der Waals surface area contributed by atoms with Gasteiger partial charge in [0.25, 0.3) is 5.91 Å². The van der Waals surface area contributed by atoms with Gasteiger partial charge in [-0.1, -0.05) is 17.3 Å². The number of rotatable bonds is 9. The van der Waals surface area contributed by atoms with Crippen molar-refractivity contribution in [3.63, 3.8) is 0 Å². The smallest absolute Gasteiger partial charge is 0.280 e. The summed E-state index contributed by atoms with van der Waals surface area (Å²) in [6.07, 6.45) is 3.52. The Kier molecular flexibility index (Phi) is 8.55. The molecule has 2 saturated heterocycles. The minimum absolute atomic E-state index is 0.0297. The average molecular weight is 590 g/mol. The van der Waals surface area contributed by atoms with Crippen molar-refractivity contribution in [3.05, 3.63) is 40.9 Å². The van der Waals surface area contributed by atoms with E-state index < -0.39 is 15.7 Å². The SMILES string of the molecule is CC(=O)N1[C@H](C)CN(Cc2cnc(NC(=O)C(=NO[C@@H]3CCOC3)c3ccc(S(=O)(=O)C4CC4)cc3)s2)C[C@@H]1C. The Bertz CT molecular complexity index is 1350. The van der Waals surface area contributed by atoms with Gasteiger partial charge in [0.05, 0.1) is 23.4 Å². The van der Waals surface area contributed by atoms with E-state index in [1.54, 1.807) is 25.3 Å². The van der Waals surface area contributed by atoms with E-state index in [0.717, 1.165) is 18.0 Å². The number of ether oxygens (including phenoxy) is 1. The lowest BCUT2D eigenvalue weighted by Gasteiger charge is -2.44. The number of thiazole rings is 1. The largest absolute Gasteiger partial charge is 0.389 e. The zero-order valence-electron chi connectivity index (χ0n) is 22.9. The van der Waals surface area contributed by atoms with Crippen LogP contribution in [0, 0.1) is 0 Å². The topological polar surface area (TPSA) is 130 Å². The molecule has 1 aromatic carbocycles. The molecule has 2 aromatic rings. The van der Waals surface area contributed by atoms with Crippen LogP contribution < -0.4 is 5.32 Å². The molecule has 3 atom stereocenters. The summed E-state index contributed by atoms with van der Waals surface area (Å²) < 4.78 is 30.5. The molecule has 0 spiro atoms. The number of piperazine rings is 1. The second kappa shape index (κ2) is 11.9. The number of nitrogens with one attached hydrogen (secondary N) is 1. The summed E-state index contributed by atoms with van der Waals surface area (Å²) in [6.45, 7) is 8.85. The maximum atomic E-state index is 13.4. The summed E-state index contributed by atoms with van der Waals surface area (Å²) in [5.41, 5.74) is 0.469. The van der Waals surface area contributed by atoms with Gasteiger partial charge in [0.1, 0.15) is 0 Å². The number of carbonyl (C=O) groups is 2. The summed E-state index contributed by atoms with van der Waals surface area (Å²) in [4.78, 5) is 40.7. The molecule has 1 saturated carbocycles. The van der Waals surface area contributed by atoms with Crippen LogP contribution in [-0.2, 0) is 35.5 Å². The molecular weight excluding hydrogens is 554 g/mol. The van der Waals surface area contributed by atoms with Gasteiger partial charge in [-0.25, -0.2) is 13.4 Å². The Morgan fingerprint density at radius 3 is 2.45 bits per heavy atom. The molecule has 2 amide bonds. The zero-order chi connectivity index (χ0) is 28.4. The molecule has 0 bridgehead atoms. The first-order valence-corrected chi connectivity index (χ1v) is 15.9. The minimum atomic E-state index is -3.35. The van der Waals surface area contributed by atoms with Crippen LogP contribution >= 0.6 is 11.3 Å². The lowest BCUT2D eigenvalue weighted by molar-refractivity contribution is -0.136. The monoisotopic (exact) mass is 589 g/mol. The van der Waals surface area contributed by atoms with Crippen LogP contribution in [0.3, 0.4) is 0 Å². The lowest BCUT2D eigenvalue weighted by Crippen LogP contribution is -2.57. The molecule has 216 valence electrons. The van der Waals surface area contributed by atoms with E-state index in [9.17, 15) is 18.0 Å². The molecule has 3 aliphatic rings. The first kappa shape index (κ1) is 28.7. The third-order valence-corrected chi connectivity index (χ3v) is 10.5. The third-order valence-electron chi connectivity index (χ3n) is 7.33. The zero-order valence-corrected chi connectivity index (χ0v) is 24.5. The molecule has 11 nitrogen and oxygen atoms in total. The first-order valence-electron chi connectivity index (χ1n) is 13.5. The van der Waals surface area contributed by atoms with Crippen LogP contribution in [0.25, 0.3) is 0 Å². The molecule has 3 heterocycles. The van der Waals surface area contributed by atoms with Gasteiger partial charge in [-0.3, -0.25) is 19.8 Å². The van der Waals surface area contributed by atoms with Gasteiger partial charge in [-0.05, 0) is 38.8 Å². The van der Waals surface area contributed by atoms with Crippen molar-refractivity contribution >= 4 is 43.8 Å². The predicted molar refractivity (Wildman–Crippen MR) is 151 cm³/mol. The van der Waals surface area contributed by atoms with Crippen molar-refractivity contribution in [2.45, 2.75) is 74.9 Å². The molecule has 1 aliphatic carbocycles. The highest BCUT2D eigenvalue weighted by atomic mass is 32.2. The van der Waals surface area contributed by atoms with Gasteiger partial charge < -0.3 is 14.5 Å². The van der Waals surface area contributed by atoms with Crippen molar-refractivity contribution in [2.75, 3.05) is 31.6 Å². The molecule has 0 unspecified atom stereocenters. The normalized spacial score (nSPS) is 24.2. The fourth-order valence-electron chi connectivity index (χ4n) is 5.32. The Morgan fingerprint density at radius 2 is 1.85 bits per heavy atom. The maximum absolute atomic E-state index is 13.4. The number of nitrogens with zero attached hydrogens (tertiary/aromatic N) is 4. The van der Waals surface area contributed by atoms with Gasteiger partial charge >= 0.3 is 0 Å². The molecule has 40 heavy (non-hydrogen) atoms. The van der Waals surface area contributed by atoms with Crippen molar-refractivity contribution in [3.8, 4) is 0 Å². The van der Waals surface area contributed by atoms with Gasteiger partial charge in [0.15, 0.2) is 26.8 Å². The highest BCUT2D eigenvalue weighted by molar-refractivity contribution is 7.92. The van der Waals surface area contributed by atoms with Crippen molar-refractivity contribution in [2.24, 2.45) is 5.16 Å². The van der Waals surface area contributed by atoms with Gasteiger partial charge in [-0.2, -0.15) is 0 Å². The number of anilines is 1. The van der Waals surface area contributed by atoms with Gasteiger partial charge in [-0.15, -0.1) is 11.3 Å². The van der Waals surface area contributed by atoms with Crippen molar-refractivity contribution < 1.29 is 27.6 Å². The summed E-state index contributed by atoms with van der Waals surface area (Å²) in [6, 6.07) is 6.42. The molecule has 1 N–H and O–H groups in total. The fraction of sp³-hybridized carbons (Fsp3) is 0.556. The summed E-state index contributed by atoms with van der Waals surface area (Å²) >= 11 is 1.38. The van der Waals surface area contributed by atoms with Crippen molar-refractivity contribution in [1.29, 1.82) is 0 Å². The molecule has 5 rings (SSSR count). The number of aromatic nitrogens is 1. The number of amides is 2. The van der Waals surface area contributed by atoms with E-state index in [4.69, 9.17) is 9.57 Å². The number of hydrogen-bond donors (Lipinski definition) is 1. The van der Waals surface area contributed by atoms with Gasteiger partial charge in [0.2, 0.25) is 5.91 Å². The van der Waals surface area contributed by atoms with Crippen LogP contribution in [0.5, 0.6) is 0 Å². The number of hydrogen-bond acceptors (Lipinski definition) is 10. The average Bonchev–Trinajstić information content (AvgIpc) is 3.48. The van der Waals surface area contributed by atoms with Crippen LogP contribution in [0.2, 0.25) is 0 Å². The second-order valence-electron chi connectivity index (χ2n) is 10.7. The predicted octanol–water partition coefficient (Wildman–Crippen LogP) is 2.67. The van der Waals surface area contributed by atoms with Gasteiger partial charge in [0, 0.05) is 61.7 Å². The fourth-order valence-corrected chi connectivity index (χ4v) is 7.83. The van der Waals surface area contributed by atoms with Crippen LogP contribution in [0.15, 0.2) is 40.5 Å². The molecule has 13 heteroatoms. The Hall–Kier alpha value is -2.87. The Labute approximate surface area is 238 Å². The Morgan fingerprint density at radius 1 is 1.15 bits per heavy atom. The Balaban J connectivity index is 1.27. The summed E-state index contributed by atoms with van der Waals surface area (Å²) in [5.74, 6) is -0.418. The van der Waals surface area contributed by atoms with E-state index in [0.29, 0.717) is 49.7 Å². The van der Waals surface area contributed by atoms with Crippen LogP contribution in [-0.4, -0.2) is 90.5 Å². The van der Waals surface area contributed by atoms with E-state index >= 15 is 0 Å². The molecular formula is C27H35N5O6S2. The molecule has 2 aliphatic heterocycles. The first-order chi connectivity index (χ1) is 19.1. The van der Waals surface area contributed by atoms with E-state index in [2.05, 4.69) is 34.2 Å². The molecule has 3 fully saturated rings. The number of sulfone groups is 1. The van der Waals surface area contributed by atoms with E-state index in [-0.39, 0.29) is 40.0 Å². The second-order valence-corrected chi connectivity index (χ2v) is 14.0. The summed E-state index contributed by atoms with van der Waals surface area (Å²) in [7, 11) is -3.35. The number of carbonyl (C=O) groups excluding carboxylic acids is 2. The van der Waals surface area contributed by atoms with E-state index in [1.165, 1.54) is 23.5 Å². The number of oxime groups is 1. The quantitative estimate of drug-likeness (QED) is 0.349. The summed E-state index contributed by atoms with van der Waals surface area (Å²) in [5, 5.41) is 7.09. The van der Waals surface area contributed by atoms with Crippen LogP contribution in [0.4, 0.5) is 5.13 Å². The minimum Gasteiger partial charge on any atom is -0.389 e. The highest BCUT2D eigenvalue weighted by Gasteiger charge is 2.37. The van der Waals surface area contributed by atoms with E-state index in [1.807, 2.05) is 4.90 Å². The lowest BCUT2D eigenvalue weighted by atomic mass is 10.1. The molecule has 0 radical (unpaired) electrons. The maximum Gasteiger partial charge on any atom is 0.280 e. The van der Waals surface area contributed by atoms with Crippen LogP contribution in [0.1, 0.15) is 50.5 Å². The number of benzene rings is 1. The standard InChI is InChI=1S/C27H35N5O6S2/c1-17-13-31(14-18(2)32(17)19(3)33)15-22-12-28-27(39-22)29-26(34)25(30-38-21-10-11-37-16-21)20-4-6-23(7-5-20)40(35,36)24-8-9-24/h4-7,12,17-18,21,24H,8-11,13-16H2,1-3H3,(H,28,29,34)/t17-,18+,21-/m1/s1. The molecule has 1 aromatic heterocycles.